The highest BCUT2D eigenvalue weighted by Crippen LogP contribution is 2.36. The van der Waals surface area contributed by atoms with Gasteiger partial charge in [-0.25, -0.2) is 13.2 Å². The summed E-state index contributed by atoms with van der Waals surface area (Å²) in [5, 5.41) is 19.1. The predicted molar refractivity (Wildman–Crippen MR) is 172 cm³/mol. The Balaban J connectivity index is 1.38. The molecule has 0 aliphatic carbocycles. The molecule has 0 radical (unpaired) electrons. The van der Waals surface area contributed by atoms with E-state index in [-0.39, 0.29) is 58.8 Å². The molecule has 2 saturated heterocycles. The van der Waals surface area contributed by atoms with Crippen LogP contribution in [0, 0.1) is 11.8 Å². The second-order valence-electron chi connectivity index (χ2n) is 12.8. The number of alkyl carbamates (subject to hydrolysis) is 1. The molecule has 5 unspecified atom stereocenters. The average Bonchev–Trinajstić information content (AvgIpc) is 3.74. The molecule has 2 aromatic rings. The molecule has 2 amide bonds. The van der Waals surface area contributed by atoms with Crippen LogP contribution in [0.1, 0.15) is 38.3 Å². The molecular formula is C33H41F3N4O8S. The van der Waals surface area contributed by atoms with Crippen molar-refractivity contribution < 1.29 is 50.5 Å². The second kappa shape index (κ2) is 15.0. The van der Waals surface area contributed by atoms with Crippen molar-refractivity contribution >= 4 is 33.3 Å². The van der Waals surface area contributed by atoms with Gasteiger partial charge in [0.25, 0.3) is 5.91 Å². The first-order chi connectivity index (χ1) is 23.1. The number of halogens is 3. The molecule has 3 aliphatic rings. The highest BCUT2D eigenvalue weighted by atomic mass is 32.2. The van der Waals surface area contributed by atoms with Crippen LogP contribution < -0.4 is 16.0 Å². The van der Waals surface area contributed by atoms with Crippen LogP contribution in [0.4, 0.5) is 23.7 Å². The number of alkyl halides is 3. The van der Waals surface area contributed by atoms with Gasteiger partial charge in [-0.2, -0.15) is 17.5 Å². The molecule has 0 saturated carbocycles. The Hall–Kier alpha value is -3.70. The Morgan fingerprint density at radius 2 is 1.88 bits per heavy atom. The van der Waals surface area contributed by atoms with Crippen molar-refractivity contribution in [1.82, 2.24) is 14.9 Å². The predicted octanol–water partition coefficient (Wildman–Crippen LogP) is 3.63. The number of rotatable bonds is 13. The number of hydrogen-bond donors (Lipinski definition) is 4. The summed E-state index contributed by atoms with van der Waals surface area (Å²) in [6, 6.07) is 12.0. The number of carbonyl (C=O) groups is 2. The normalized spacial score (nSPS) is 22.8. The number of nitrogens with one attached hydrogen (secondary N) is 3. The molecule has 5 rings (SSSR count). The zero-order chi connectivity index (χ0) is 35.5. The molecule has 49 heavy (non-hydrogen) atoms. The van der Waals surface area contributed by atoms with Gasteiger partial charge in [-0.3, -0.25) is 4.79 Å². The first-order valence-electron chi connectivity index (χ1n) is 16.0. The minimum Gasteiger partial charge on any atom is -0.443 e. The molecule has 3 aliphatic heterocycles. The van der Waals surface area contributed by atoms with Crippen molar-refractivity contribution in [2.24, 2.45) is 11.8 Å². The molecule has 2 fully saturated rings. The molecule has 268 valence electrons. The number of benzene rings is 2. The fourth-order valence-electron chi connectivity index (χ4n) is 6.18. The van der Waals surface area contributed by atoms with Crippen molar-refractivity contribution in [2.75, 3.05) is 38.2 Å². The van der Waals surface area contributed by atoms with E-state index in [0.29, 0.717) is 13.0 Å². The molecule has 3 heterocycles. The maximum atomic E-state index is 14.1. The summed E-state index contributed by atoms with van der Waals surface area (Å²) in [4.78, 5) is 25.6. The number of anilines is 1. The minimum atomic E-state index is -4.54. The van der Waals surface area contributed by atoms with Crippen LogP contribution in [-0.2, 0) is 35.4 Å². The van der Waals surface area contributed by atoms with Crippen molar-refractivity contribution in [2.45, 2.75) is 69.2 Å². The summed E-state index contributed by atoms with van der Waals surface area (Å²) >= 11 is 0. The van der Waals surface area contributed by atoms with Gasteiger partial charge in [-0.1, -0.05) is 44.2 Å². The van der Waals surface area contributed by atoms with E-state index in [1.807, 2.05) is 18.2 Å². The number of allylic oxidation sites excluding steroid dienone is 1. The highest BCUT2D eigenvalue weighted by molar-refractivity contribution is 7.89. The lowest BCUT2D eigenvalue weighted by Crippen LogP contribution is -2.51. The number of sulfonamides is 1. The summed E-state index contributed by atoms with van der Waals surface area (Å²) in [7, 11) is -4.34. The topological polar surface area (TPSA) is 156 Å². The zero-order valence-corrected chi connectivity index (χ0v) is 28.1. The van der Waals surface area contributed by atoms with E-state index in [1.54, 1.807) is 26.0 Å². The summed E-state index contributed by atoms with van der Waals surface area (Å²) in [5.41, 5.74) is 0.972. The van der Waals surface area contributed by atoms with E-state index in [0.717, 1.165) is 9.87 Å². The number of amides is 2. The molecule has 12 nitrogen and oxygen atoms in total. The lowest BCUT2D eigenvalue weighted by Gasteiger charge is -2.31. The van der Waals surface area contributed by atoms with Gasteiger partial charge in [0.2, 0.25) is 10.0 Å². The Morgan fingerprint density at radius 3 is 2.57 bits per heavy atom. The van der Waals surface area contributed by atoms with Gasteiger partial charge in [0.05, 0.1) is 41.7 Å². The van der Waals surface area contributed by atoms with Crippen molar-refractivity contribution in [3.8, 4) is 0 Å². The molecule has 0 bridgehead atoms. The third-order valence-electron chi connectivity index (χ3n) is 8.57. The van der Waals surface area contributed by atoms with Gasteiger partial charge in [0, 0.05) is 30.0 Å². The Bertz CT molecular complexity index is 1650. The molecule has 4 N–H and O–H groups in total. The van der Waals surface area contributed by atoms with Gasteiger partial charge in [-0.15, -0.1) is 0 Å². The molecular weight excluding hydrogens is 669 g/mol. The average molecular weight is 711 g/mol. The van der Waals surface area contributed by atoms with E-state index < -0.39 is 65.8 Å². The van der Waals surface area contributed by atoms with Gasteiger partial charge < -0.3 is 35.3 Å². The van der Waals surface area contributed by atoms with Crippen molar-refractivity contribution in [1.29, 1.82) is 0 Å². The SMILES string of the molecule is CC(NCC(F)(F)F)=C1C(=O)Nc2ccc(S(=O)(=O)N(CC(C)C)CC(O)C(Cc3ccccc3)NC(=O)OC3COC4OCCC34)cc21. The van der Waals surface area contributed by atoms with Crippen LogP contribution in [0.5, 0.6) is 0 Å². The maximum absolute atomic E-state index is 14.1. The van der Waals surface area contributed by atoms with Gasteiger partial charge >= 0.3 is 12.3 Å². The van der Waals surface area contributed by atoms with Crippen LogP contribution in [0.15, 0.2) is 59.1 Å². The third kappa shape index (κ3) is 8.91. The van der Waals surface area contributed by atoms with E-state index in [1.165, 1.54) is 25.1 Å². The number of carbonyl (C=O) groups excluding carboxylic acids is 2. The number of aliphatic hydroxyl groups is 1. The number of nitrogens with zero attached hydrogens (tertiary/aromatic N) is 1. The lowest BCUT2D eigenvalue weighted by molar-refractivity contribution is -0.123. The highest BCUT2D eigenvalue weighted by Gasteiger charge is 2.44. The molecule has 5 atom stereocenters. The Labute approximate surface area is 283 Å². The number of ether oxygens (including phenoxy) is 3. The summed E-state index contributed by atoms with van der Waals surface area (Å²) in [6.45, 7) is 3.79. The number of fused-ring (bicyclic) bond motifs is 2. The number of aliphatic hydroxyl groups excluding tert-OH is 1. The van der Waals surface area contributed by atoms with Gasteiger partial charge in [0.15, 0.2) is 6.29 Å². The summed E-state index contributed by atoms with van der Waals surface area (Å²) < 4.78 is 84.7. The molecule has 0 spiro atoms. The van der Waals surface area contributed by atoms with Crippen LogP contribution in [0.3, 0.4) is 0 Å². The Kier molecular flexibility index (Phi) is 11.2. The first-order valence-corrected chi connectivity index (χ1v) is 17.5. The summed E-state index contributed by atoms with van der Waals surface area (Å²) in [6.07, 6.45) is -6.85. The third-order valence-corrected chi connectivity index (χ3v) is 10.4. The van der Waals surface area contributed by atoms with Crippen LogP contribution in [0.25, 0.3) is 5.57 Å². The van der Waals surface area contributed by atoms with Gasteiger partial charge in [0.1, 0.15) is 12.6 Å². The van der Waals surface area contributed by atoms with Gasteiger partial charge in [-0.05, 0) is 49.4 Å². The molecule has 16 heteroatoms. The zero-order valence-electron chi connectivity index (χ0n) is 27.3. The van der Waals surface area contributed by atoms with E-state index >= 15 is 0 Å². The smallest absolute Gasteiger partial charge is 0.407 e. The number of hydrogen-bond acceptors (Lipinski definition) is 9. The van der Waals surface area contributed by atoms with E-state index in [4.69, 9.17) is 14.2 Å². The fourth-order valence-corrected chi connectivity index (χ4v) is 7.83. The minimum absolute atomic E-state index is 0.00644. The van der Waals surface area contributed by atoms with Crippen LogP contribution in [-0.4, -0.2) is 93.4 Å². The first kappa shape index (κ1) is 36.6. The van der Waals surface area contributed by atoms with Crippen molar-refractivity contribution in [3.05, 3.63) is 65.4 Å². The van der Waals surface area contributed by atoms with E-state index in [9.17, 15) is 36.3 Å². The van der Waals surface area contributed by atoms with Crippen molar-refractivity contribution in [3.63, 3.8) is 0 Å². The molecule has 2 aromatic carbocycles. The Morgan fingerprint density at radius 1 is 1.14 bits per heavy atom. The lowest BCUT2D eigenvalue weighted by atomic mass is 10.0. The van der Waals surface area contributed by atoms with Crippen LogP contribution >= 0.6 is 0 Å². The molecule has 0 aromatic heterocycles. The van der Waals surface area contributed by atoms with E-state index in [2.05, 4.69) is 16.0 Å². The second-order valence-corrected chi connectivity index (χ2v) is 14.8. The summed E-state index contributed by atoms with van der Waals surface area (Å²) in [5.74, 6) is -0.960. The maximum Gasteiger partial charge on any atom is 0.407 e. The quantitative estimate of drug-likeness (QED) is 0.228. The standard InChI is InChI=1S/C33H41F3N4O8S/c1-19(2)15-40(49(44,45)22-9-10-25-24(14-22)29(30(42)38-25)20(3)37-18-33(34,35)36)16-27(41)26(13-21-7-5-4-6-8-21)39-32(43)48-28-17-47-31-23(28)11-12-46-31/h4-10,14,19,23,26-28,31,37,41H,11-13,15-18H2,1-3H3,(H,38,42)(H,39,43). The largest absolute Gasteiger partial charge is 0.443 e. The fraction of sp³-hybridized carbons (Fsp3) is 0.515. The monoisotopic (exact) mass is 710 g/mol. The van der Waals surface area contributed by atoms with Crippen LogP contribution in [0.2, 0.25) is 0 Å².